The molecule has 0 aliphatic carbocycles. The molecule has 0 radical (unpaired) electrons. The first-order valence-corrected chi connectivity index (χ1v) is 12.5. The predicted octanol–water partition coefficient (Wildman–Crippen LogP) is -1.34. The van der Waals surface area contributed by atoms with Gasteiger partial charge in [-0.3, -0.25) is 9.59 Å². The molecule has 4 aromatic rings. The van der Waals surface area contributed by atoms with Crippen molar-refractivity contribution in [3.63, 3.8) is 0 Å². The fraction of sp³-hybridized carbons (Fsp3) is 0.400. The molecule has 0 bridgehead atoms. The van der Waals surface area contributed by atoms with Crippen LogP contribution in [0.2, 0.25) is 0 Å². The second-order valence-corrected chi connectivity index (χ2v) is 8.96. The second kappa shape index (κ2) is 12.4. The first-order chi connectivity index (χ1) is 17.5. The van der Waals surface area contributed by atoms with Gasteiger partial charge in [0.05, 0.1) is 13.1 Å². The molecule has 6 N–H and O–H groups in total. The minimum absolute atomic E-state index is 0. The third kappa shape index (κ3) is 5.54. The summed E-state index contributed by atoms with van der Waals surface area (Å²) in [6, 6.07) is 7.74. The maximum absolute atomic E-state index is 13.0. The zero-order chi connectivity index (χ0) is 25.2. The number of aromatic amines is 1. The van der Waals surface area contributed by atoms with E-state index in [1.165, 1.54) is 0 Å². The Balaban J connectivity index is 0.00000200. The summed E-state index contributed by atoms with van der Waals surface area (Å²) in [7, 11) is 0. The molecule has 0 saturated carbocycles. The van der Waals surface area contributed by atoms with Crippen LogP contribution in [0.4, 0.5) is 5.82 Å². The third-order valence-corrected chi connectivity index (χ3v) is 6.78. The van der Waals surface area contributed by atoms with Crippen LogP contribution in [0.1, 0.15) is 53.4 Å². The summed E-state index contributed by atoms with van der Waals surface area (Å²) < 4.78 is 4.28. The summed E-state index contributed by atoms with van der Waals surface area (Å²) in [6.45, 7) is 7.63. The number of H-pyrrole nitrogens is 1. The van der Waals surface area contributed by atoms with Crippen LogP contribution in [0.15, 0.2) is 30.5 Å². The van der Waals surface area contributed by atoms with Crippen molar-refractivity contribution < 1.29 is 26.6 Å². The maximum Gasteiger partial charge on any atom is 0.277 e. The van der Waals surface area contributed by atoms with Crippen molar-refractivity contribution in [1.29, 1.82) is 0 Å². The van der Waals surface area contributed by atoms with Crippen LogP contribution in [-0.2, 0) is 19.6 Å². The van der Waals surface area contributed by atoms with Crippen LogP contribution < -0.4 is 38.7 Å². The van der Waals surface area contributed by atoms with Crippen LogP contribution >= 0.6 is 12.4 Å². The zero-order valence-electron chi connectivity index (χ0n) is 21.4. The van der Waals surface area contributed by atoms with E-state index in [0.29, 0.717) is 29.8 Å². The van der Waals surface area contributed by atoms with Gasteiger partial charge in [-0.2, -0.15) is 0 Å². The van der Waals surface area contributed by atoms with Crippen molar-refractivity contribution in [2.24, 2.45) is 0 Å². The highest BCUT2D eigenvalue weighted by Crippen LogP contribution is 2.19. The van der Waals surface area contributed by atoms with Gasteiger partial charge in [-0.15, -0.1) is 12.4 Å². The molecule has 5 rings (SSSR count). The van der Waals surface area contributed by atoms with Gasteiger partial charge >= 0.3 is 0 Å². The number of rotatable bonds is 7. The van der Waals surface area contributed by atoms with Gasteiger partial charge in [-0.1, -0.05) is 0 Å². The van der Waals surface area contributed by atoms with Gasteiger partial charge in [0.2, 0.25) is 0 Å². The molecule has 1 saturated heterocycles. The number of halogens is 2. The van der Waals surface area contributed by atoms with Gasteiger partial charge in [-0.25, -0.2) is 19.1 Å². The molecule has 1 aromatic carbocycles. The molecule has 0 atom stereocenters. The predicted molar refractivity (Wildman–Crippen MR) is 144 cm³/mol. The van der Waals surface area contributed by atoms with Gasteiger partial charge in [0.25, 0.3) is 17.6 Å². The first-order valence-electron chi connectivity index (χ1n) is 12.5. The highest BCUT2D eigenvalue weighted by atomic mass is 35.5. The topological polar surface area (TPSA) is 147 Å². The van der Waals surface area contributed by atoms with Crippen molar-refractivity contribution >= 4 is 52.2 Å². The Morgan fingerprint density at radius 3 is 2.63 bits per heavy atom. The number of nitrogen functional groups attached to an aromatic ring is 1. The van der Waals surface area contributed by atoms with Crippen LogP contribution in [0.3, 0.4) is 0 Å². The molecule has 0 spiro atoms. The minimum Gasteiger partial charge on any atom is -1.00 e. The summed E-state index contributed by atoms with van der Waals surface area (Å²) in [6.07, 6.45) is 3.58. The lowest BCUT2D eigenvalue weighted by Gasteiger charge is -2.23. The molecule has 204 valence electrons. The third-order valence-electron chi connectivity index (χ3n) is 6.78. The number of nitrogens with zero attached hydrogens (tertiary/aromatic N) is 4. The number of benzene rings is 1. The van der Waals surface area contributed by atoms with Gasteiger partial charge < -0.3 is 39.1 Å². The maximum atomic E-state index is 13.0. The Morgan fingerprint density at radius 1 is 1.16 bits per heavy atom. The van der Waals surface area contributed by atoms with E-state index in [0.717, 1.165) is 42.8 Å². The van der Waals surface area contributed by atoms with Gasteiger partial charge in [0, 0.05) is 23.9 Å². The van der Waals surface area contributed by atoms with Crippen molar-refractivity contribution in [2.75, 3.05) is 18.8 Å². The van der Waals surface area contributed by atoms with E-state index in [9.17, 15) is 9.59 Å². The molecule has 38 heavy (non-hydrogen) atoms. The Hall–Kier alpha value is -3.41. The van der Waals surface area contributed by atoms with Gasteiger partial charge in [0.1, 0.15) is 12.1 Å². The number of carbonyl (C=O) groups excluding carboxylic acids is 2. The highest BCUT2D eigenvalue weighted by molar-refractivity contribution is 5.98. The second-order valence-electron chi connectivity index (χ2n) is 8.96. The smallest absolute Gasteiger partial charge is 0.277 e. The molecule has 1 fully saturated rings. The van der Waals surface area contributed by atoms with Crippen LogP contribution in [0, 0.1) is 0 Å². The molecular weight excluding hydrogens is 529 g/mol. The van der Waals surface area contributed by atoms with E-state index in [1.54, 1.807) is 12.3 Å². The van der Waals surface area contributed by atoms with Crippen LogP contribution in [-0.4, -0.2) is 50.5 Å². The Morgan fingerprint density at radius 2 is 1.92 bits per heavy atom. The average molecular weight is 563 g/mol. The number of hydrogen-bond acceptors (Lipinski definition) is 6. The number of piperidine rings is 1. The summed E-state index contributed by atoms with van der Waals surface area (Å²) in [4.78, 5) is 37.5. The minimum atomic E-state index is -0.388. The normalized spacial score (nSPS) is 13.6. The molecule has 11 nitrogen and oxygen atoms in total. The lowest BCUT2D eigenvalue weighted by atomic mass is 10.1. The van der Waals surface area contributed by atoms with Gasteiger partial charge in [-0.05, 0) is 58.0 Å². The van der Waals surface area contributed by atoms with Crippen LogP contribution in [0.25, 0.3) is 22.2 Å². The Bertz CT molecular complexity index is 1440. The monoisotopic (exact) mass is 561 g/mol. The van der Waals surface area contributed by atoms with E-state index in [2.05, 4.69) is 53.9 Å². The lowest BCUT2D eigenvalue weighted by Crippen LogP contribution is -3.00. The fourth-order valence-electron chi connectivity index (χ4n) is 4.96. The zero-order valence-corrected chi connectivity index (χ0v) is 23.0. The number of hydrogen-bond donors (Lipinski definition) is 5. The van der Waals surface area contributed by atoms with Crippen LogP contribution in [0.5, 0.6) is 0 Å². The number of aromatic nitrogens is 5. The SMILES string of the molecule is CCn1c(CNC(=O)c2nc3cc[nH]c3nc2N)[n+](CC)c2ccc(C(=O)NC3CCNCC3)cc21.Cl.[Cl-]. The molecule has 3 aromatic heterocycles. The first kappa shape index (κ1) is 29.2. The summed E-state index contributed by atoms with van der Waals surface area (Å²) >= 11 is 0. The van der Waals surface area contributed by atoms with E-state index in [-0.39, 0.29) is 60.7 Å². The average Bonchev–Trinajstić information content (AvgIpc) is 3.47. The van der Waals surface area contributed by atoms with Crippen molar-refractivity contribution in [2.45, 2.75) is 52.4 Å². The molecule has 0 unspecified atom stereocenters. The van der Waals surface area contributed by atoms with E-state index < -0.39 is 0 Å². The Kier molecular flexibility index (Phi) is 9.53. The number of aryl methyl sites for hydroxylation is 2. The highest BCUT2D eigenvalue weighted by Gasteiger charge is 2.26. The number of anilines is 1. The van der Waals surface area contributed by atoms with Crippen molar-refractivity contribution in [3.8, 4) is 0 Å². The number of amides is 2. The van der Waals surface area contributed by atoms with Gasteiger partial charge in [0.15, 0.2) is 28.2 Å². The number of fused-ring (bicyclic) bond motifs is 2. The molecule has 1 aliphatic heterocycles. The van der Waals surface area contributed by atoms with E-state index >= 15 is 0 Å². The van der Waals surface area contributed by atoms with Crippen molar-refractivity contribution in [1.82, 2.24) is 35.5 Å². The van der Waals surface area contributed by atoms with E-state index in [1.807, 2.05) is 18.2 Å². The number of nitrogens with one attached hydrogen (secondary N) is 4. The number of nitrogens with two attached hydrogens (primary N) is 1. The molecular formula is C25H33Cl2N9O2. The lowest BCUT2D eigenvalue weighted by molar-refractivity contribution is -0.676. The molecule has 4 heterocycles. The quantitative estimate of drug-likeness (QED) is 0.176. The molecule has 2 amide bonds. The number of imidazole rings is 1. The Labute approximate surface area is 232 Å². The summed E-state index contributed by atoms with van der Waals surface area (Å²) in [5.41, 5.74) is 9.81. The summed E-state index contributed by atoms with van der Waals surface area (Å²) in [5, 5.41) is 9.44. The fourth-order valence-corrected chi connectivity index (χ4v) is 4.96. The molecule has 13 heteroatoms. The summed E-state index contributed by atoms with van der Waals surface area (Å²) in [5.74, 6) is 0.556. The van der Waals surface area contributed by atoms with E-state index in [4.69, 9.17) is 5.73 Å². The largest absolute Gasteiger partial charge is 1.00 e. The molecule has 1 aliphatic rings. The van der Waals surface area contributed by atoms with Crippen molar-refractivity contribution in [3.05, 3.63) is 47.5 Å². The number of carbonyl (C=O) groups is 2. The standard InChI is InChI=1S/C25H31N9O2.2ClH/c1-3-33-18-6-5-15(24(35)30-16-7-10-27-11-8-16)13-19(18)34(4-2)20(33)14-29-25(36)21-22(26)32-23-17(31-21)9-12-28-23;;/h5-6,9,12-13,16,27H,3-4,7-8,10-11,14H2,1-2H3,(H4-,26,28,29,30,31,32,35,36);2*1H.